The van der Waals surface area contributed by atoms with E-state index < -0.39 is 45.1 Å². The summed E-state index contributed by atoms with van der Waals surface area (Å²) < 4.78 is 33.1. The highest BCUT2D eigenvalue weighted by molar-refractivity contribution is 7.47. The molecular weight excluding hydrogens is 657 g/mol. The van der Waals surface area contributed by atoms with Crippen molar-refractivity contribution in [1.29, 1.82) is 0 Å². The van der Waals surface area contributed by atoms with Crippen molar-refractivity contribution in [2.75, 3.05) is 26.4 Å². The van der Waals surface area contributed by atoms with Crippen molar-refractivity contribution in [3.63, 3.8) is 0 Å². The molecule has 0 fully saturated rings. The number of phosphoric ester groups is 1. The Kier molecular flexibility index (Phi) is 33.5. The summed E-state index contributed by atoms with van der Waals surface area (Å²) in [4.78, 5) is 33.4. The van der Waals surface area contributed by atoms with Crippen molar-refractivity contribution in [1.82, 2.24) is 0 Å². The van der Waals surface area contributed by atoms with Gasteiger partial charge in [0.05, 0.1) is 19.8 Å². The molecule has 0 aliphatic heterocycles. The third-order valence-electron chi connectivity index (χ3n) is 7.51. The quantitative estimate of drug-likeness (QED) is 0.0249. The predicted molar refractivity (Wildman–Crippen MR) is 203 cm³/mol. The Morgan fingerprint density at radius 1 is 0.660 bits per heavy atom. The van der Waals surface area contributed by atoms with E-state index in [0.717, 1.165) is 83.5 Å². The fourth-order valence-electron chi connectivity index (χ4n) is 4.59. The molecule has 3 atom stereocenters. The van der Waals surface area contributed by atoms with Crippen LogP contribution in [-0.2, 0) is 32.7 Å². The van der Waals surface area contributed by atoms with Gasteiger partial charge in [0.2, 0.25) is 0 Å². The van der Waals surface area contributed by atoms with E-state index in [0.29, 0.717) is 13.0 Å². The van der Waals surface area contributed by atoms with Crippen LogP contribution < -0.4 is 5.73 Å². The number of carbonyl (C=O) groups is 2. The van der Waals surface area contributed by atoms with E-state index in [1.165, 1.54) is 25.7 Å². The van der Waals surface area contributed by atoms with Crippen molar-refractivity contribution in [3.8, 4) is 0 Å². The van der Waals surface area contributed by atoms with Crippen LogP contribution in [0.1, 0.15) is 136 Å². The number of nitrogens with two attached hydrogens (primary N) is 1. The van der Waals surface area contributed by atoms with E-state index in [-0.39, 0.29) is 13.0 Å². The van der Waals surface area contributed by atoms with Gasteiger partial charge in [-0.15, -0.1) is 0 Å². The number of hydrogen-bond acceptors (Lipinski definition) is 8. The summed E-state index contributed by atoms with van der Waals surface area (Å²) in [7, 11) is -4.62. The van der Waals surface area contributed by atoms with E-state index >= 15 is 0 Å². The summed E-state index contributed by atoms with van der Waals surface area (Å²) in [6.07, 6.45) is 39.9. The average Bonchev–Trinajstić information content (AvgIpc) is 3.09. The summed E-state index contributed by atoms with van der Waals surface area (Å²) >= 11 is 0. The normalized spacial score (nSPS) is 14.8. The molecule has 0 aliphatic rings. The molecule has 0 bridgehead atoms. The van der Waals surface area contributed by atoms with Gasteiger partial charge in [0.15, 0.2) is 0 Å². The Labute approximate surface area is 302 Å². The number of carboxylic acids is 1. The minimum absolute atomic E-state index is 0.000652. The Morgan fingerprint density at radius 3 is 1.76 bits per heavy atom. The van der Waals surface area contributed by atoms with Crippen LogP contribution in [0.3, 0.4) is 0 Å². The maximum absolute atomic E-state index is 12.6. The Morgan fingerprint density at radius 2 is 1.16 bits per heavy atom. The lowest BCUT2D eigenvalue weighted by Gasteiger charge is -2.20. The van der Waals surface area contributed by atoms with Gasteiger partial charge < -0.3 is 25.2 Å². The molecule has 3 unspecified atom stereocenters. The Hall–Kier alpha value is -2.33. The van der Waals surface area contributed by atoms with Gasteiger partial charge in [0.25, 0.3) is 0 Å². The lowest BCUT2D eigenvalue weighted by atomic mass is 10.1. The van der Waals surface area contributed by atoms with Gasteiger partial charge in [0, 0.05) is 13.0 Å². The monoisotopic (exact) mass is 725 g/mol. The van der Waals surface area contributed by atoms with Crippen LogP contribution in [0.4, 0.5) is 0 Å². The largest absolute Gasteiger partial charge is 0.480 e. The van der Waals surface area contributed by atoms with Crippen molar-refractivity contribution >= 4 is 19.8 Å². The minimum atomic E-state index is -4.62. The number of ether oxygens (including phenoxy) is 2. The van der Waals surface area contributed by atoms with Crippen LogP contribution in [0, 0.1) is 0 Å². The first-order chi connectivity index (χ1) is 24.2. The standard InChI is InChI=1S/C39H68NO9P/c1-3-5-7-9-11-13-15-16-17-18-19-20-21-23-25-27-29-31-38(41)49-36(34-47-50(44,45)48-35-37(40)39(42)43)33-46-32-30-28-26-24-22-14-12-10-8-6-4-2/h5,7-8,10-11,13,16-17,19-20,36-37H,3-4,6,9,12,14-15,18,21-35,40H2,1-2H3,(H,42,43)(H,44,45)/b7-5-,10-8-,13-11-,17-16-,20-19-. The van der Waals surface area contributed by atoms with Gasteiger partial charge in [-0.2, -0.15) is 0 Å². The summed E-state index contributed by atoms with van der Waals surface area (Å²) in [5.41, 5.74) is 5.33. The highest BCUT2D eigenvalue weighted by Gasteiger charge is 2.27. The van der Waals surface area contributed by atoms with Crippen molar-refractivity contribution < 1.29 is 42.7 Å². The summed E-state index contributed by atoms with van der Waals surface area (Å²) in [6, 6.07) is -1.48. The van der Waals surface area contributed by atoms with Gasteiger partial charge in [-0.05, 0) is 70.6 Å². The maximum Gasteiger partial charge on any atom is 0.472 e. The summed E-state index contributed by atoms with van der Waals surface area (Å²) in [5.74, 6) is -1.81. The molecule has 0 aromatic rings. The van der Waals surface area contributed by atoms with Crippen LogP contribution in [0.5, 0.6) is 0 Å². The number of unbranched alkanes of at least 4 members (excludes halogenated alkanes) is 11. The molecule has 0 radical (unpaired) electrons. The second-order valence-electron chi connectivity index (χ2n) is 12.3. The van der Waals surface area contributed by atoms with E-state index in [1.807, 2.05) is 0 Å². The molecule has 0 spiro atoms. The summed E-state index contributed by atoms with van der Waals surface area (Å²) in [5, 5.41) is 8.86. The first-order valence-electron chi connectivity index (χ1n) is 18.8. The first-order valence-corrected chi connectivity index (χ1v) is 20.3. The van der Waals surface area contributed by atoms with E-state index in [1.54, 1.807) is 0 Å². The highest BCUT2D eigenvalue weighted by atomic mass is 31.2. The maximum atomic E-state index is 12.6. The lowest BCUT2D eigenvalue weighted by Crippen LogP contribution is -2.34. The van der Waals surface area contributed by atoms with Crippen molar-refractivity contribution in [3.05, 3.63) is 60.8 Å². The van der Waals surface area contributed by atoms with Crippen LogP contribution in [-0.4, -0.2) is 60.5 Å². The fourth-order valence-corrected chi connectivity index (χ4v) is 5.37. The molecule has 0 saturated heterocycles. The fraction of sp³-hybridized carbons (Fsp3) is 0.692. The molecule has 50 heavy (non-hydrogen) atoms. The van der Waals surface area contributed by atoms with E-state index in [4.69, 9.17) is 24.8 Å². The van der Waals surface area contributed by atoms with Crippen LogP contribution >= 0.6 is 7.82 Å². The number of aliphatic carboxylic acids is 1. The Bertz CT molecular complexity index is 1030. The zero-order chi connectivity index (χ0) is 37.0. The van der Waals surface area contributed by atoms with Crippen LogP contribution in [0.25, 0.3) is 0 Å². The zero-order valence-corrected chi connectivity index (χ0v) is 31.9. The Balaban J connectivity index is 4.37. The number of carboxylic acid groups (broad SMARTS) is 1. The minimum Gasteiger partial charge on any atom is -0.480 e. The van der Waals surface area contributed by atoms with Crippen LogP contribution in [0.2, 0.25) is 0 Å². The molecule has 0 amide bonds. The molecule has 0 rings (SSSR count). The smallest absolute Gasteiger partial charge is 0.472 e. The van der Waals surface area contributed by atoms with Crippen molar-refractivity contribution in [2.24, 2.45) is 5.73 Å². The molecule has 10 nitrogen and oxygen atoms in total. The number of esters is 1. The molecule has 0 aromatic carbocycles. The number of carbonyl (C=O) groups excluding carboxylic acids is 1. The first kappa shape index (κ1) is 47.7. The predicted octanol–water partition coefficient (Wildman–Crippen LogP) is 9.69. The molecule has 4 N–H and O–H groups in total. The number of hydrogen-bond donors (Lipinski definition) is 3. The second-order valence-corrected chi connectivity index (χ2v) is 13.8. The van der Waals surface area contributed by atoms with Gasteiger partial charge in [-0.1, -0.05) is 120 Å². The van der Waals surface area contributed by atoms with Gasteiger partial charge in [0.1, 0.15) is 12.1 Å². The third-order valence-corrected chi connectivity index (χ3v) is 8.46. The number of rotatable bonds is 35. The molecule has 0 saturated carbocycles. The average molecular weight is 726 g/mol. The lowest BCUT2D eigenvalue weighted by molar-refractivity contribution is -0.154. The summed E-state index contributed by atoms with van der Waals surface area (Å²) in [6.45, 7) is 3.63. The topological polar surface area (TPSA) is 155 Å². The third kappa shape index (κ3) is 34.1. The molecule has 288 valence electrons. The van der Waals surface area contributed by atoms with Gasteiger partial charge in [-0.25, -0.2) is 4.57 Å². The zero-order valence-electron chi connectivity index (χ0n) is 31.0. The molecule has 0 aliphatic carbocycles. The number of phosphoric acid groups is 1. The highest BCUT2D eigenvalue weighted by Crippen LogP contribution is 2.43. The molecular formula is C39H68NO9P. The second kappa shape index (κ2) is 35.1. The molecule has 0 aromatic heterocycles. The van der Waals surface area contributed by atoms with Gasteiger partial charge in [-0.3, -0.25) is 18.6 Å². The molecule has 11 heteroatoms. The van der Waals surface area contributed by atoms with E-state index in [2.05, 4.69) is 79.1 Å². The molecule has 0 heterocycles. The SMILES string of the molecule is CC/C=C\C/C=C\C/C=C\C/C=C\CCCCCCC(=O)OC(COCCCCCCCC/C=C\CCC)COP(=O)(O)OCC(N)C(=O)O. The number of allylic oxidation sites excluding steroid dienone is 10. The van der Waals surface area contributed by atoms with Crippen LogP contribution in [0.15, 0.2) is 60.8 Å². The van der Waals surface area contributed by atoms with Gasteiger partial charge >= 0.3 is 19.8 Å². The van der Waals surface area contributed by atoms with E-state index in [9.17, 15) is 19.0 Å². The van der Waals surface area contributed by atoms with Crippen molar-refractivity contribution in [2.45, 2.75) is 148 Å².